The van der Waals surface area contributed by atoms with Crippen LogP contribution in [0.4, 0.5) is 0 Å². The topological polar surface area (TPSA) is 0 Å². The fourth-order valence-electron chi connectivity index (χ4n) is 2.24. The fourth-order valence-corrected chi connectivity index (χ4v) is 2.24. The van der Waals surface area contributed by atoms with Gasteiger partial charge in [0, 0.05) is 0 Å². The molecule has 0 atom stereocenters. The first-order valence-electron chi connectivity index (χ1n) is 6.64. The van der Waals surface area contributed by atoms with Crippen molar-refractivity contribution in [2.24, 2.45) is 0 Å². The van der Waals surface area contributed by atoms with E-state index in [1.807, 2.05) is 0 Å². The highest BCUT2D eigenvalue weighted by molar-refractivity contribution is 5.65. The van der Waals surface area contributed by atoms with Crippen LogP contribution < -0.4 is 0 Å². The fraction of sp³-hybridized carbons (Fsp3) is 0.222. The number of rotatable bonds is 5. The molecular formula is C18H20. The van der Waals surface area contributed by atoms with Gasteiger partial charge in [0.15, 0.2) is 0 Å². The zero-order valence-electron chi connectivity index (χ0n) is 11.0. The van der Waals surface area contributed by atoms with Crippen molar-refractivity contribution in [2.45, 2.75) is 26.2 Å². The second-order valence-corrected chi connectivity index (χ2v) is 4.52. The Hall–Kier alpha value is -1.82. The Morgan fingerprint density at radius 3 is 2.11 bits per heavy atom. The van der Waals surface area contributed by atoms with Crippen LogP contribution in [0.3, 0.4) is 0 Å². The Morgan fingerprint density at radius 2 is 1.50 bits per heavy atom. The van der Waals surface area contributed by atoms with Gasteiger partial charge < -0.3 is 0 Å². The highest BCUT2D eigenvalue weighted by Crippen LogP contribution is 2.20. The van der Waals surface area contributed by atoms with E-state index in [-0.39, 0.29) is 0 Å². The maximum Gasteiger partial charge on any atom is -0.0228 e. The van der Waals surface area contributed by atoms with Crippen LogP contribution in [0.5, 0.6) is 0 Å². The van der Waals surface area contributed by atoms with Crippen molar-refractivity contribution in [1.82, 2.24) is 0 Å². The van der Waals surface area contributed by atoms with Gasteiger partial charge in [0.1, 0.15) is 0 Å². The molecular weight excluding hydrogens is 216 g/mol. The third-order valence-electron chi connectivity index (χ3n) is 3.25. The van der Waals surface area contributed by atoms with Crippen molar-refractivity contribution in [3.8, 4) is 0 Å². The van der Waals surface area contributed by atoms with Gasteiger partial charge in [-0.15, -0.1) is 0 Å². The van der Waals surface area contributed by atoms with Gasteiger partial charge in [0.25, 0.3) is 0 Å². The van der Waals surface area contributed by atoms with Gasteiger partial charge in [-0.3, -0.25) is 0 Å². The minimum atomic E-state index is 1.15. The third kappa shape index (κ3) is 3.59. The molecule has 0 bridgehead atoms. The third-order valence-corrected chi connectivity index (χ3v) is 3.25. The first-order valence-corrected chi connectivity index (χ1v) is 6.64. The molecule has 0 aromatic heterocycles. The van der Waals surface area contributed by atoms with Crippen molar-refractivity contribution < 1.29 is 0 Å². The summed E-state index contributed by atoms with van der Waals surface area (Å²) in [6, 6.07) is 21.4. The van der Waals surface area contributed by atoms with E-state index in [1.54, 1.807) is 0 Å². The molecule has 0 aliphatic carbocycles. The lowest BCUT2D eigenvalue weighted by Gasteiger charge is -2.07. The van der Waals surface area contributed by atoms with Crippen LogP contribution in [0.15, 0.2) is 66.7 Å². The van der Waals surface area contributed by atoms with E-state index >= 15 is 0 Å². The molecule has 0 heteroatoms. The van der Waals surface area contributed by atoms with Crippen molar-refractivity contribution in [2.75, 3.05) is 0 Å². The maximum absolute atomic E-state index is 2.24. The zero-order chi connectivity index (χ0) is 12.6. The van der Waals surface area contributed by atoms with Crippen molar-refractivity contribution in [3.05, 3.63) is 77.9 Å². The molecule has 0 amide bonds. The summed E-state index contributed by atoms with van der Waals surface area (Å²) in [4.78, 5) is 0. The van der Waals surface area contributed by atoms with Crippen LogP contribution in [-0.2, 0) is 6.42 Å². The first kappa shape index (κ1) is 12.6. The molecule has 2 rings (SSSR count). The number of aryl methyl sites for hydroxylation is 1. The molecule has 0 aliphatic heterocycles. The van der Waals surface area contributed by atoms with Gasteiger partial charge in [0.2, 0.25) is 0 Å². The number of hydrogen-bond acceptors (Lipinski definition) is 0. The van der Waals surface area contributed by atoms with Gasteiger partial charge in [-0.05, 0) is 42.9 Å². The van der Waals surface area contributed by atoms with Crippen LogP contribution in [0, 0.1) is 0 Å². The van der Waals surface area contributed by atoms with Crippen LogP contribution in [0.1, 0.15) is 30.9 Å². The molecule has 0 fully saturated rings. The highest BCUT2D eigenvalue weighted by atomic mass is 14.1. The Bertz CT molecular complexity index is 480. The summed E-state index contributed by atoms with van der Waals surface area (Å²) in [6.07, 6.45) is 5.75. The lowest BCUT2D eigenvalue weighted by molar-refractivity contribution is 0.852. The average molecular weight is 236 g/mol. The van der Waals surface area contributed by atoms with E-state index in [1.165, 1.54) is 23.1 Å². The van der Waals surface area contributed by atoms with Gasteiger partial charge >= 0.3 is 0 Å². The van der Waals surface area contributed by atoms with Crippen molar-refractivity contribution in [1.29, 1.82) is 0 Å². The smallest absolute Gasteiger partial charge is 0.0228 e. The van der Waals surface area contributed by atoms with E-state index in [9.17, 15) is 0 Å². The quantitative estimate of drug-likeness (QED) is 0.676. The SMILES string of the molecule is C/C=C(\CCCc1ccccc1)c1ccccc1. The summed E-state index contributed by atoms with van der Waals surface area (Å²) in [6.45, 7) is 2.13. The van der Waals surface area contributed by atoms with Gasteiger partial charge in [-0.25, -0.2) is 0 Å². The minimum Gasteiger partial charge on any atom is -0.0838 e. The van der Waals surface area contributed by atoms with Gasteiger partial charge in [-0.2, -0.15) is 0 Å². The molecule has 0 spiro atoms. The van der Waals surface area contributed by atoms with Gasteiger partial charge in [-0.1, -0.05) is 66.7 Å². The number of hydrogen-bond donors (Lipinski definition) is 0. The molecule has 0 aliphatic rings. The molecule has 0 unspecified atom stereocenters. The molecule has 92 valence electrons. The maximum atomic E-state index is 2.24. The molecule has 18 heavy (non-hydrogen) atoms. The van der Waals surface area contributed by atoms with Crippen molar-refractivity contribution >= 4 is 5.57 Å². The molecule has 2 aromatic rings. The summed E-state index contributed by atoms with van der Waals surface area (Å²) in [5.41, 5.74) is 4.24. The van der Waals surface area contributed by atoms with Crippen molar-refractivity contribution in [3.63, 3.8) is 0 Å². The number of benzene rings is 2. The van der Waals surface area contributed by atoms with Crippen LogP contribution in [0.2, 0.25) is 0 Å². The average Bonchev–Trinajstić information content (AvgIpc) is 2.46. The van der Waals surface area contributed by atoms with E-state index in [2.05, 4.69) is 73.7 Å². The predicted molar refractivity (Wildman–Crippen MR) is 79.5 cm³/mol. The van der Waals surface area contributed by atoms with E-state index in [0.29, 0.717) is 0 Å². The molecule has 0 saturated heterocycles. The molecule has 0 radical (unpaired) electrons. The standard InChI is InChI=1S/C18H20/c1-2-17(18-13-7-4-8-14-18)15-9-12-16-10-5-3-6-11-16/h2-8,10-11,13-14H,9,12,15H2,1H3/b17-2+. The highest BCUT2D eigenvalue weighted by Gasteiger charge is 2.00. The second kappa shape index (κ2) is 6.80. The summed E-state index contributed by atoms with van der Waals surface area (Å²) >= 11 is 0. The van der Waals surface area contributed by atoms with Crippen LogP contribution in [0.25, 0.3) is 5.57 Å². The Kier molecular flexibility index (Phi) is 4.78. The van der Waals surface area contributed by atoms with Crippen LogP contribution in [-0.4, -0.2) is 0 Å². The monoisotopic (exact) mass is 236 g/mol. The second-order valence-electron chi connectivity index (χ2n) is 4.52. The lowest BCUT2D eigenvalue weighted by Crippen LogP contribution is -1.88. The molecule has 0 N–H and O–H groups in total. The molecule has 0 saturated carbocycles. The largest absolute Gasteiger partial charge is 0.0838 e. The number of allylic oxidation sites excluding steroid dienone is 2. The predicted octanol–water partition coefficient (Wildman–Crippen LogP) is 5.11. The lowest BCUT2D eigenvalue weighted by atomic mass is 9.98. The molecule has 0 nitrogen and oxygen atoms in total. The van der Waals surface area contributed by atoms with Crippen LogP contribution >= 0.6 is 0 Å². The Labute approximate surface area is 110 Å². The minimum absolute atomic E-state index is 1.15. The van der Waals surface area contributed by atoms with E-state index in [0.717, 1.165) is 12.8 Å². The van der Waals surface area contributed by atoms with E-state index in [4.69, 9.17) is 0 Å². The molecule has 0 heterocycles. The Balaban J connectivity index is 1.90. The summed E-state index contributed by atoms with van der Waals surface area (Å²) in [5, 5.41) is 0. The molecule has 2 aromatic carbocycles. The first-order chi connectivity index (χ1) is 8.90. The van der Waals surface area contributed by atoms with E-state index < -0.39 is 0 Å². The summed E-state index contributed by atoms with van der Waals surface area (Å²) in [5.74, 6) is 0. The summed E-state index contributed by atoms with van der Waals surface area (Å²) in [7, 11) is 0. The zero-order valence-corrected chi connectivity index (χ0v) is 11.0. The normalized spacial score (nSPS) is 11.5. The van der Waals surface area contributed by atoms with Gasteiger partial charge in [0.05, 0.1) is 0 Å². The Morgan fingerprint density at radius 1 is 0.889 bits per heavy atom. The summed E-state index contributed by atoms with van der Waals surface area (Å²) < 4.78 is 0.